The Kier molecular flexibility index (Phi) is 6.51. The van der Waals surface area contributed by atoms with Gasteiger partial charge in [0.05, 0.1) is 0 Å². The zero-order chi connectivity index (χ0) is 21.9. The molecule has 5 rings (SSSR count). The zero-order valence-electron chi connectivity index (χ0n) is 18.2. The van der Waals surface area contributed by atoms with Gasteiger partial charge < -0.3 is 5.32 Å². The molecule has 1 unspecified atom stereocenters. The molecule has 1 aliphatic carbocycles. The molecule has 0 aromatic heterocycles. The number of rotatable bonds is 5. The van der Waals surface area contributed by atoms with Crippen LogP contribution in [0.2, 0.25) is 4.71 Å². The van der Waals surface area contributed by atoms with E-state index in [1.807, 2.05) is 36.8 Å². The molecule has 2 atom stereocenters. The molecule has 7 heteroatoms. The third-order valence-corrected chi connectivity index (χ3v) is 10.2. The third kappa shape index (κ3) is 4.87. The molecular weight excluding hydrogens is 465 g/mol. The van der Waals surface area contributed by atoms with E-state index in [0.29, 0.717) is 21.7 Å². The zero-order valence-corrected chi connectivity index (χ0v) is 20.3. The summed E-state index contributed by atoms with van der Waals surface area (Å²) in [5.41, 5.74) is 4.35. The van der Waals surface area contributed by atoms with E-state index in [2.05, 4.69) is 22.8 Å². The number of dihydropyridines is 1. The van der Waals surface area contributed by atoms with Crippen molar-refractivity contribution >= 4 is 32.0 Å². The van der Waals surface area contributed by atoms with Gasteiger partial charge in [-0.2, -0.15) is 0 Å². The number of carbonyl (C=O) groups is 2. The molecule has 1 aromatic carbocycles. The number of nitrogens with one attached hydrogen (secondary N) is 2. The second-order valence-electron chi connectivity index (χ2n) is 8.99. The number of amides is 2. The van der Waals surface area contributed by atoms with Crippen LogP contribution in [0.15, 0.2) is 60.1 Å². The molecule has 0 radical (unpaired) electrons. The van der Waals surface area contributed by atoms with Crippen LogP contribution in [-0.4, -0.2) is 50.5 Å². The maximum absolute atomic E-state index is 12.6. The van der Waals surface area contributed by atoms with E-state index in [1.165, 1.54) is 5.56 Å². The predicted molar refractivity (Wildman–Crippen MR) is 127 cm³/mol. The van der Waals surface area contributed by atoms with E-state index in [4.69, 9.17) is 4.74 Å². The first-order valence-electron chi connectivity index (χ1n) is 11.6. The first-order valence-corrected chi connectivity index (χ1v) is 13.8. The molecule has 168 valence electrons. The minimum absolute atomic E-state index is 0.0823. The summed E-state index contributed by atoms with van der Waals surface area (Å²) in [5, 5.41) is 6.07. The van der Waals surface area contributed by atoms with Crippen LogP contribution in [0.3, 0.4) is 0 Å². The van der Waals surface area contributed by atoms with Crippen LogP contribution < -0.4 is 10.6 Å². The van der Waals surface area contributed by atoms with Crippen LogP contribution in [0.4, 0.5) is 10.5 Å². The van der Waals surface area contributed by atoms with E-state index < -0.39 is 15.8 Å². The first kappa shape index (κ1) is 21.5. The average Bonchev–Trinajstić information content (AvgIpc) is 3.50. The third-order valence-electron chi connectivity index (χ3n) is 6.81. The van der Waals surface area contributed by atoms with E-state index in [1.54, 1.807) is 4.90 Å². The Hall–Kier alpha value is -2.30. The molecule has 4 aliphatic rings. The summed E-state index contributed by atoms with van der Waals surface area (Å²) in [5.74, 6) is 0.554. The summed E-state index contributed by atoms with van der Waals surface area (Å²) >= 11 is -0.570. The quantitative estimate of drug-likeness (QED) is 0.606. The van der Waals surface area contributed by atoms with Gasteiger partial charge in [0.25, 0.3) is 0 Å². The van der Waals surface area contributed by atoms with Crippen molar-refractivity contribution < 1.29 is 14.3 Å². The van der Waals surface area contributed by atoms with Gasteiger partial charge in [-0.15, -0.1) is 0 Å². The van der Waals surface area contributed by atoms with Gasteiger partial charge in [0.2, 0.25) is 0 Å². The molecule has 1 saturated heterocycles. The van der Waals surface area contributed by atoms with Gasteiger partial charge in [0.15, 0.2) is 0 Å². The second-order valence-corrected chi connectivity index (χ2v) is 12.3. The van der Waals surface area contributed by atoms with Crippen molar-refractivity contribution in [1.29, 1.82) is 0 Å². The molecular formula is C25H30AsN3O3. The normalized spacial score (nSPS) is 27.1. The molecule has 2 N–H and O–H groups in total. The number of benzene rings is 1. The fourth-order valence-corrected chi connectivity index (χ4v) is 7.97. The van der Waals surface area contributed by atoms with Crippen molar-refractivity contribution in [3.05, 3.63) is 65.7 Å². The number of nitrogens with zero attached hydrogens (tertiary/aromatic N) is 1. The Morgan fingerprint density at radius 3 is 2.62 bits per heavy atom. The summed E-state index contributed by atoms with van der Waals surface area (Å²) in [6, 6.07) is 8.18. The van der Waals surface area contributed by atoms with Crippen molar-refractivity contribution in [2.75, 3.05) is 18.5 Å². The Morgan fingerprint density at radius 2 is 1.91 bits per heavy atom. The Balaban J connectivity index is 1.10. The number of carbonyl (C=O) groups excluding carboxylic acids is 2. The van der Waals surface area contributed by atoms with Gasteiger partial charge >= 0.3 is 161 Å². The van der Waals surface area contributed by atoms with Crippen molar-refractivity contribution in [1.82, 2.24) is 10.2 Å². The number of fused-ring (bicyclic) bond motifs is 1. The molecule has 3 heterocycles. The second kappa shape index (κ2) is 9.68. The number of allylic oxidation sites excluding steroid dienone is 1. The first-order chi connectivity index (χ1) is 15.7. The monoisotopic (exact) mass is 495 g/mol. The van der Waals surface area contributed by atoms with Crippen LogP contribution in [0.1, 0.15) is 50.0 Å². The fraction of sp³-hybridized carbons (Fsp3) is 0.440. The summed E-state index contributed by atoms with van der Waals surface area (Å²) < 4.78 is 6.64. The van der Waals surface area contributed by atoms with E-state index in [9.17, 15) is 9.59 Å². The number of ether oxygens (including phenoxy) is 1. The summed E-state index contributed by atoms with van der Waals surface area (Å²) in [6.45, 7) is 1.34. The molecule has 0 bridgehead atoms. The van der Waals surface area contributed by atoms with Gasteiger partial charge in [-0.1, -0.05) is 0 Å². The Morgan fingerprint density at radius 1 is 1.09 bits per heavy atom. The molecule has 1 aromatic rings. The summed E-state index contributed by atoms with van der Waals surface area (Å²) in [4.78, 5) is 26.8. The average molecular weight is 495 g/mol. The maximum atomic E-state index is 12.6. The van der Waals surface area contributed by atoms with Crippen LogP contribution in [0.5, 0.6) is 0 Å². The summed E-state index contributed by atoms with van der Waals surface area (Å²) in [6.07, 6.45) is 14.2. The van der Waals surface area contributed by atoms with Gasteiger partial charge in [-0.3, -0.25) is 0 Å². The van der Waals surface area contributed by atoms with Gasteiger partial charge in [0.1, 0.15) is 0 Å². The standard InChI is InChI=1S/C25H30AsN3O3/c30-24(23-2-1-13-32-23)26-21-7-3-17(4-8-21)18-5-9-22(10-6-18)28-25(31)29-15-19-11-12-27-14-20(19)16-29/h5-6,9-12,14-15,17,21,23,26-27H,1-4,7-8,13,16H2,(H,28,31)/t17-,21-,23-/m1/s1. The van der Waals surface area contributed by atoms with Crippen molar-refractivity contribution in [3.63, 3.8) is 0 Å². The van der Waals surface area contributed by atoms with E-state index in [0.717, 1.165) is 62.0 Å². The van der Waals surface area contributed by atoms with E-state index >= 15 is 0 Å². The van der Waals surface area contributed by atoms with E-state index in [-0.39, 0.29) is 12.1 Å². The van der Waals surface area contributed by atoms with Crippen molar-refractivity contribution in [2.45, 2.75) is 55.3 Å². The molecule has 32 heavy (non-hydrogen) atoms. The predicted octanol–water partition coefficient (Wildman–Crippen LogP) is 4.01. The Bertz CT molecular complexity index is 955. The number of hydrogen-bond donors (Lipinski definition) is 2. The van der Waals surface area contributed by atoms with Crippen LogP contribution in [0.25, 0.3) is 0 Å². The van der Waals surface area contributed by atoms with Crippen molar-refractivity contribution in [2.24, 2.45) is 0 Å². The van der Waals surface area contributed by atoms with Crippen molar-refractivity contribution in [3.8, 4) is 0 Å². The van der Waals surface area contributed by atoms with Crippen LogP contribution >= 0.6 is 0 Å². The molecule has 3 aliphatic heterocycles. The minimum atomic E-state index is -0.570. The molecule has 0 spiro atoms. The molecule has 2 amide bonds. The number of anilines is 1. The van der Waals surface area contributed by atoms with Crippen LogP contribution in [-0.2, 0) is 9.53 Å². The number of hydrogen-bond acceptors (Lipinski definition) is 4. The topological polar surface area (TPSA) is 70.7 Å². The van der Waals surface area contributed by atoms with Gasteiger partial charge in [0, 0.05) is 12.4 Å². The Labute approximate surface area is 195 Å². The van der Waals surface area contributed by atoms with Gasteiger partial charge in [-0.05, 0) is 17.2 Å². The molecule has 2 fully saturated rings. The fourth-order valence-electron chi connectivity index (χ4n) is 4.95. The summed E-state index contributed by atoms with van der Waals surface area (Å²) in [7, 11) is 0. The van der Waals surface area contributed by atoms with Crippen LogP contribution in [0, 0.1) is 0 Å². The number of urea groups is 1. The SMILES string of the molecule is O=C([AsH][C@H]1CC[C@H](c2ccc(NC(=O)N3C=C4C=CNC=C4C3)cc2)CC1)[C@H]1CCCO1. The van der Waals surface area contributed by atoms with Gasteiger partial charge in [-0.25, -0.2) is 0 Å². The molecule has 6 nitrogen and oxygen atoms in total. The molecule has 1 saturated carbocycles.